The van der Waals surface area contributed by atoms with Crippen molar-refractivity contribution < 1.29 is 9.47 Å². The lowest BCUT2D eigenvalue weighted by Gasteiger charge is -2.10. The summed E-state index contributed by atoms with van der Waals surface area (Å²) in [5.74, 6) is 1.56. The summed E-state index contributed by atoms with van der Waals surface area (Å²) in [6.07, 6.45) is 1.03. The first-order chi connectivity index (χ1) is 13.1. The van der Waals surface area contributed by atoms with Crippen molar-refractivity contribution in [2.24, 2.45) is 0 Å². The van der Waals surface area contributed by atoms with Gasteiger partial charge in [0.25, 0.3) is 0 Å². The minimum absolute atomic E-state index is 0.629. The molecule has 0 saturated heterocycles. The molecule has 4 rings (SSSR count). The fraction of sp³-hybridized carbons (Fsp3) is 0.273. The van der Waals surface area contributed by atoms with Crippen LogP contribution in [-0.4, -0.2) is 32.1 Å². The average molecular weight is 400 g/mol. The van der Waals surface area contributed by atoms with Crippen molar-refractivity contribution in [1.29, 1.82) is 0 Å². The largest absolute Gasteiger partial charge is 0.454 e. The highest BCUT2D eigenvalue weighted by molar-refractivity contribution is 7.16. The van der Waals surface area contributed by atoms with Gasteiger partial charge in [-0.15, -0.1) is 11.3 Å². The number of para-hydroxylation sites is 2. The Morgan fingerprint density at radius 2 is 1.85 bits per heavy atom. The molecule has 27 heavy (non-hydrogen) atoms. The summed E-state index contributed by atoms with van der Waals surface area (Å²) in [6.45, 7) is 2.43. The lowest BCUT2D eigenvalue weighted by Crippen LogP contribution is -2.14. The van der Waals surface area contributed by atoms with Gasteiger partial charge >= 0.3 is 0 Å². The number of nitrogens with zero attached hydrogens (tertiary/aromatic N) is 1. The first-order valence-corrected chi connectivity index (χ1v) is 10.2. The molecule has 0 aliphatic carbocycles. The molecule has 3 aromatic rings. The van der Waals surface area contributed by atoms with Crippen LogP contribution in [0.15, 0.2) is 48.5 Å². The Morgan fingerprint density at radius 3 is 2.70 bits per heavy atom. The maximum absolute atomic E-state index is 6.45. The number of halogens is 1. The van der Waals surface area contributed by atoms with Crippen molar-refractivity contribution in [3.63, 3.8) is 0 Å². The third kappa shape index (κ3) is 3.90. The zero-order chi connectivity index (χ0) is 18.8. The molecule has 0 bridgehead atoms. The topological polar surface area (TPSA) is 21.7 Å². The minimum Gasteiger partial charge on any atom is -0.454 e. The second-order valence-electron chi connectivity index (χ2n) is 6.88. The zero-order valence-electron chi connectivity index (χ0n) is 15.5. The molecule has 2 heterocycles. The van der Waals surface area contributed by atoms with Crippen LogP contribution in [0.4, 0.5) is 0 Å². The first kappa shape index (κ1) is 18.5. The van der Waals surface area contributed by atoms with E-state index < -0.39 is 0 Å². The smallest absolute Gasteiger partial charge is 0.154 e. The molecule has 0 atom stereocenters. The number of fused-ring (bicyclic) bond motifs is 5. The Morgan fingerprint density at radius 1 is 1.04 bits per heavy atom. The van der Waals surface area contributed by atoms with Crippen molar-refractivity contribution in [3.05, 3.63) is 58.4 Å². The number of benzene rings is 2. The predicted molar refractivity (Wildman–Crippen MR) is 113 cm³/mol. The van der Waals surface area contributed by atoms with Gasteiger partial charge in [0.05, 0.1) is 11.6 Å². The van der Waals surface area contributed by atoms with E-state index in [4.69, 9.17) is 21.1 Å². The Kier molecular flexibility index (Phi) is 5.50. The van der Waals surface area contributed by atoms with Gasteiger partial charge in [-0.1, -0.05) is 35.9 Å². The summed E-state index contributed by atoms with van der Waals surface area (Å²) in [4.78, 5) is 4.57. The number of thiophene rings is 1. The molecule has 0 amide bonds. The fourth-order valence-corrected chi connectivity index (χ4v) is 4.59. The quantitative estimate of drug-likeness (QED) is 0.354. The molecule has 0 fully saturated rings. The van der Waals surface area contributed by atoms with Crippen LogP contribution in [0.2, 0.25) is 5.02 Å². The predicted octanol–water partition coefficient (Wildman–Crippen LogP) is 6.31. The zero-order valence-corrected chi connectivity index (χ0v) is 17.1. The Balaban J connectivity index is 1.66. The summed E-state index contributed by atoms with van der Waals surface area (Å²) in [7, 11) is 4.16. The lowest BCUT2D eigenvalue weighted by molar-refractivity contribution is 0.115. The third-order valence-corrected chi connectivity index (χ3v) is 5.96. The molecule has 0 unspecified atom stereocenters. The van der Waals surface area contributed by atoms with Crippen molar-refractivity contribution in [2.45, 2.75) is 13.0 Å². The molecule has 140 valence electrons. The van der Waals surface area contributed by atoms with E-state index in [-0.39, 0.29) is 0 Å². The molecule has 1 aliphatic rings. The summed E-state index contributed by atoms with van der Waals surface area (Å²) in [5.41, 5.74) is 3.32. The first-order valence-electron chi connectivity index (χ1n) is 9.05. The summed E-state index contributed by atoms with van der Waals surface area (Å²) in [6, 6.07) is 16.3. The molecule has 2 aromatic carbocycles. The van der Waals surface area contributed by atoms with Crippen molar-refractivity contribution >= 4 is 22.9 Å². The maximum Gasteiger partial charge on any atom is 0.154 e. The molecule has 0 saturated carbocycles. The standard InChI is InChI=1S/C22H22ClNO2S/c1-24(2)11-6-12-25-14-15-13-18-16-7-3-4-10-20(16)26-21-17(22(18)27-15)8-5-9-19(21)23/h3-5,7-10,13H,6,11-12,14H2,1-2H3. The highest BCUT2D eigenvalue weighted by Gasteiger charge is 2.24. The highest BCUT2D eigenvalue weighted by atomic mass is 35.5. The SMILES string of the molecule is CN(C)CCCOCc1cc2c(s1)-c1cccc(Cl)c1Oc1ccccc1-2. The molecule has 0 radical (unpaired) electrons. The van der Waals surface area contributed by atoms with E-state index >= 15 is 0 Å². The van der Waals surface area contributed by atoms with Crippen LogP contribution in [-0.2, 0) is 11.3 Å². The second kappa shape index (κ2) is 8.03. The van der Waals surface area contributed by atoms with Crippen molar-refractivity contribution in [2.75, 3.05) is 27.2 Å². The average Bonchev–Trinajstić information content (AvgIpc) is 3.01. The molecule has 0 spiro atoms. The number of hydrogen-bond donors (Lipinski definition) is 0. The summed E-state index contributed by atoms with van der Waals surface area (Å²) >= 11 is 8.20. The van der Waals surface area contributed by atoms with E-state index in [9.17, 15) is 0 Å². The van der Waals surface area contributed by atoms with Crippen molar-refractivity contribution in [1.82, 2.24) is 4.90 Å². The van der Waals surface area contributed by atoms with Gasteiger partial charge in [-0.25, -0.2) is 0 Å². The third-order valence-electron chi connectivity index (χ3n) is 4.52. The Bertz CT molecular complexity index is 951. The number of ether oxygens (including phenoxy) is 2. The van der Waals surface area contributed by atoms with Crippen LogP contribution < -0.4 is 4.74 Å². The summed E-state index contributed by atoms with van der Waals surface area (Å²) in [5, 5.41) is 0.630. The van der Waals surface area contributed by atoms with Gasteiger partial charge in [-0.05, 0) is 51.3 Å². The Hall–Kier alpha value is -1.85. The minimum atomic E-state index is 0.629. The van der Waals surface area contributed by atoms with Gasteiger partial charge in [0.1, 0.15) is 5.75 Å². The molecule has 1 aromatic heterocycles. The van der Waals surface area contributed by atoms with Gasteiger partial charge in [-0.3, -0.25) is 0 Å². The van der Waals surface area contributed by atoms with Gasteiger partial charge < -0.3 is 14.4 Å². The maximum atomic E-state index is 6.45. The van der Waals surface area contributed by atoms with Crippen LogP contribution in [0.1, 0.15) is 11.3 Å². The molecule has 5 heteroatoms. The molecular formula is C22H22ClNO2S. The van der Waals surface area contributed by atoms with E-state index in [1.165, 1.54) is 15.3 Å². The van der Waals surface area contributed by atoms with E-state index in [2.05, 4.69) is 37.2 Å². The monoisotopic (exact) mass is 399 g/mol. The van der Waals surface area contributed by atoms with E-state index in [1.54, 1.807) is 11.3 Å². The van der Waals surface area contributed by atoms with E-state index in [0.717, 1.165) is 42.2 Å². The number of rotatable bonds is 6. The fourth-order valence-electron chi connectivity index (χ4n) is 3.25. The van der Waals surface area contributed by atoms with Gasteiger partial charge in [0.2, 0.25) is 0 Å². The lowest BCUT2D eigenvalue weighted by atomic mass is 10.0. The second-order valence-corrected chi connectivity index (χ2v) is 8.42. The van der Waals surface area contributed by atoms with Gasteiger partial charge in [0.15, 0.2) is 5.75 Å². The van der Waals surface area contributed by atoms with Crippen LogP contribution in [0.25, 0.3) is 21.6 Å². The number of hydrogen-bond acceptors (Lipinski definition) is 4. The van der Waals surface area contributed by atoms with Gasteiger partial charge in [-0.2, -0.15) is 0 Å². The van der Waals surface area contributed by atoms with Crippen LogP contribution >= 0.6 is 22.9 Å². The summed E-state index contributed by atoms with van der Waals surface area (Å²) < 4.78 is 12.1. The normalized spacial score (nSPS) is 12.1. The molecule has 1 aliphatic heterocycles. The van der Waals surface area contributed by atoms with Crippen LogP contribution in [0.3, 0.4) is 0 Å². The molecule has 3 nitrogen and oxygen atoms in total. The Labute approximate surface area is 169 Å². The van der Waals surface area contributed by atoms with Gasteiger partial charge in [0, 0.05) is 33.1 Å². The molecular weight excluding hydrogens is 378 g/mol. The van der Waals surface area contributed by atoms with Crippen LogP contribution in [0.5, 0.6) is 11.5 Å². The van der Waals surface area contributed by atoms with Crippen LogP contribution in [0, 0.1) is 0 Å². The molecule has 0 N–H and O–H groups in total. The van der Waals surface area contributed by atoms with E-state index in [0.29, 0.717) is 11.6 Å². The highest BCUT2D eigenvalue weighted by Crippen LogP contribution is 2.51. The van der Waals surface area contributed by atoms with E-state index in [1.807, 2.05) is 30.3 Å². The van der Waals surface area contributed by atoms with Crippen molar-refractivity contribution in [3.8, 4) is 33.1 Å².